The van der Waals surface area contributed by atoms with Gasteiger partial charge in [-0.1, -0.05) is 282 Å². The van der Waals surface area contributed by atoms with Crippen molar-refractivity contribution in [1.82, 2.24) is 14.1 Å². The zero-order valence-corrected chi connectivity index (χ0v) is 59.1. The first-order valence-corrected chi connectivity index (χ1v) is 33.7. The first kappa shape index (κ1) is 42.3. The van der Waals surface area contributed by atoms with Gasteiger partial charge in [0, 0.05) is 52.5 Å². The van der Waals surface area contributed by atoms with Crippen LogP contribution < -0.4 is 30.1 Å². The smallest absolute Gasteiger partial charge is 0.268 e. The van der Waals surface area contributed by atoms with Crippen LogP contribution in [0.3, 0.4) is 0 Å². The fourth-order valence-electron chi connectivity index (χ4n) is 12.5. The number of hydrogen-bond donors (Lipinski definition) is 0. The molecule has 97 heavy (non-hydrogen) atoms. The van der Waals surface area contributed by atoms with E-state index in [-0.39, 0.29) is 88.2 Å². The summed E-state index contributed by atoms with van der Waals surface area (Å²) < 4.78 is 251. The van der Waals surface area contributed by atoms with Crippen molar-refractivity contribution in [2.24, 2.45) is 0 Å². The van der Waals surface area contributed by atoms with Gasteiger partial charge in [0.25, 0.3) is 6.33 Å². The van der Waals surface area contributed by atoms with Crippen LogP contribution in [0.5, 0.6) is 11.5 Å². The molecule has 0 N–H and O–H groups in total. The van der Waals surface area contributed by atoms with Gasteiger partial charge in [-0.05, 0) is 158 Å². The monoisotopic (exact) mass is 1480 g/mol. The molecule has 11 aromatic carbocycles. The Labute approximate surface area is 624 Å². The summed E-state index contributed by atoms with van der Waals surface area (Å²) in [5.74, 6) is 1.04. The summed E-state index contributed by atoms with van der Waals surface area (Å²) >= 11 is 0. The molecule has 0 amide bonds. The molecule has 0 fully saturated rings. The molecule has 0 atom stereocenters. The SMILES string of the molecule is [2H]c1c([2H])c([2H])c([Si](c2c([2H])c([2H])c([2H])c([2H])c2[2H])(c2c([2H])c([2H])c([2H])c([2H])c2[2H])c2c([2H])c([2H])c([2H])c(-c3cc(C(C)(C)C)cc(-c4cc(C(C)(C)C)cc(C(C)(C)C)c4)c3-[n+]3[c-]n(-c4[c-]c(Oc5[c-]c6c(cc5)c5ccccc5n6-c5cc(C(C)(C)C)ccn5)ccc4)c4cc(-c5c(C([2H])([2H])[2H])cccc5C([2H])([2H])[2H])ccc43)c2[2H])c([2H])c1[2H].[Pt]. The van der Waals surface area contributed by atoms with Crippen molar-refractivity contribution in [2.75, 3.05) is 0 Å². The van der Waals surface area contributed by atoms with Gasteiger partial charge in [0.2, 0.25) is 0 Å². The number of pyridine rings is 1. The Bertz CT molecular complexity index is 6400. The molecule has 0 aliphatic rings. The second-order valence-electron chi connectivity index (χ2n) is 28.3. The molecule has 486 valence electrons. The third-order valence-electron chi connectivity index (χ3n) is 17.7. The van der Waals surface area contributed by atoms with Crippen molar-refractivity contribution >= 4 is 61.7 Å². The second-order valence-corrected chi connectivity index (χ2v) is 31.8. The fraction of sp³-hybridized carbons (Fsp3) is 0.200. The molecule has 0 saturated carbocycles. The Kier molecular flexibility index (Phi) is 11.1. The quantitative estimate of drug-likeness (QED) is 0.0529. The number of imidazole rings is 1. The maximum Gasteiger partial charge on any atom is 0.268 e. The molecule has 5 nitrogen and oxygen atoms in total. The largest absolute Gasteiger partial charge is 0.510 e. The predicted molar refractivity (Wildman–Crippen MR) is 404 cm³/mol. The number of fused-ring (bicyclic) bond motifs is 4. The summed E-state index contributed by atoms with van der Waals surface area (Å²) in [7, 11) is -6.45. The van der Waals surface area contributed by atoms with Gasteiger partial charge in [0.1, 0.15) is 5.82 Å². The van der Waals surface area contributed by atoms with E-state index < -0.39 is 179 Å². The normalized spacial score (nSPS) is 16.3. The average molecular weight is 1490 g/mol. The molecule has 3 heterocycles. The summed E-state index contributed by atoms with van der Waals surface area (Å²) in [5.41, 5.74) is 2.45. The van der Waals surface area contributed by atoms with Crippen LogP contribution in [0, 0.1) is 32.2 Å². The summed E-state index contributed by atoms with van der Waals surface area (Å²) in [4.78, 5) is 4.86. The van der Waals surface area contributed by atoms with Gasteiger partial charge in [-0.3, -0.25) is 4.57 Å². The van der Waals surface area contributed by atoms with Gasteiger partial charge in [-0.15, -0.1) is 29.7 Å². The molecular formula is C90H84N4OPtSi-2. The first-order chi connectivity index (χ1) is 56.2. The Morgan fingerprint density at radius 1 is 0.474 bits per heavy atom. The van der Waals surface area contributed by atoms with Crippen molar-refractivity contribution in [2.45, 2.75) is 118 Å². The predicted octanol–water partition coefficient (Wildman–Crippen LogP) is 19.8. The van der Waals surface area contributed by atoms with Gasteiger partial charge < -0.3 is 13.9 Å². The standard InChI is InChI=1S/C90H84N4OSi.Pt/c1-60-29-26-30-61(2)85(60)63-43-46-81-83(52-63)92(69-32-28-33-70(57-69)95-71-44-45-77-76-41-24-25-42-80(76)94(82(77)58-71)84-56-65(47-48-91-84)87(3,4)5)59-93(81)86-78(54-68(90(12,13)14)55-79(86)64-49-66(88(6,7)8)53-67(50-64)89(9,10)11)62-31-27-40-75(51-62)96(72-34-18-15-19-35-72,73-36-20-16-21-37-73)74-38-22-17-23-39-74;/h15-56H,1-14H3;/q-2;/i1D3,2D3,15D,16D,17D,18D,19D,20D,21D,22D,23D,27D,31D,34D,35D,36D,37D,38D,39D,40D,51D;. The summed E-state index contributed by atoms with van der Waals surface area (Å²) in [6, 6.07) is 25.1. The minimum Gasteiger partial charge on any atom is -0.510 e. The number of nitrogens with zero attached hydrogens (tertiary/aromatic N) is 4. The minimum atomic E-state index is -6.45. The van der Waals surface area contributed by atoms with Gasteiger partial charge in [-0.25, -0.2) is 4.98 Å². The Hall–Kier alpha value is -9.45. The van der Waals surface area contributed by atoms with Crippen molar-refractivity contribution in [1.29, 1.82) is 0 Å². The second kappa shape index (κ2) is 25.5. The van der Waals surface area contributed by atoms with E-state index in [0.717, 1.165) is 33.0 Å². The first-order valence-electron chi connectivity index (χ1n) is 44.2. The molecule has 0 unspecified atom stereocenters. The van der Waals surface area contributed by atoms with Crippen LogP contribution >= 0.6 is 0 Å². The van der Waals surface area contributed by atoms with Crippen LogP contribution in [0.2, 0.25) is 0 Å². The molecule has 7 heteroatoms. The molecule has 0 aliphatic carbocycles. The van der Waals surface area contributed by atoms with Gasteiger partial charge in [0.15, 0.2) is 8.07 Å². The zero-order valence-electron chi connectivity index (χ0n) is 80.8. The van der Waals surface area contributed by atoms with Gasteiger partial charge >= 0.3 is 0 Å². The maximum atomic E-state index is 11.4. The molecule has 0 spiro atoms. The molecule has 0 aliphatic heterocycles. The Balaban J connectivity index is 0.0000128. The van der Waals surface area contributed by atoms with Crippen molar-refractivity contribution in [3.63, 3.8) is 0 Å². The molecule has 0 bridgehead atoms. The van der Waals surface area contributed by atoms with Crippen LogP contribution in [-0.2, 0) is 42.7 Å². The third kappa shape index (κ3) is 12.4. The molecule has 0 saturated heterocycles. The summed E-state index contributed by atoms with van der Waals surface area (Å²) in [5, 5.41) is -2.26. The average Bonchev–Trinajstić information content (AvgIpc) is 0.924. The third-order valence-corrected chi connectivity index (χ3v) is 21.7. The number of aromatic nitrogens is 4. The molecular weight excluding hydrogens is 1380 g/mol. The molecule has 0 radical (unpaired) electrons. The minimum absolute atomic E-state index is 0. The topological polar surface area (TPSA) is 35.9 Å². The van der Waals surface area contributed by atoms with E-state index in [1.165, 1.54) is 18.2 Å². The van der Waals surface area contributed by atoms with Crippen molar-refractivity contribution in [3.05, 3.63) is 306 Å². The number of aryl methyl sites for hydroxylation is 2. The van der Waals surface area contributed by atoms with E-state index in [1.807, 2.05) is 128 Å². The number of benzene rings is 11. The number of ether oxygens (including phenoxy) is 1. The summed E-state index contributed by atoms with van der Waals surface area (Å²) in [6.45, 7) is 18.5. The molecule has 14 aromatic rings. The van der Waals surface area contributed by atoms with Gasteiger partial charge in [0.05, 0.1) is 42.8 Å². The summed E-state index contributed by atoms with van der Waals surface area (Å²) in [6.07, 6.45) is 5.37. The Morgan fingerprint density at radius 3 is 1.65 bits per heavy atom. The van der Waals surface area contributed by atoms with Gasteiger partial charge in [-0.2, -0.15) is 18.2 Å². The fourth-order valence-corrected chi connectivity index (χ4v) is 16.1. The number of rotatable bonds is 12. The molecule has 3 aromatic heterocycles. The van der Waals surface area contributed by atoms with E-state index in [1.54, 1.807) is 63.9 Å². The van der Waals surface area contributed by atoms with E-state index in [2.05, 4.69) is 45.3 Å². The van der Waals surface area contributed by atoms with Crippen LogP contribution in [-0.4, -0.2) is 22.2 Å². The van der Waals surface area contributed by atoms with E-state index in [0.29, 0.717) is 28.0 Å². The number of para-hydroxylation sites is 1. The zero-order chi connectivity index (χ0) is 88.6. The van der Waals surface area contributed by atoms with E-state index in [4.69, 9.17) is 22.1 Å². The van der Waals surface area contributed by atoms with Crippen molar-refractivity contribution < 1.29 is 64.6 Å². The van der Waals surface area contributed by atoms with Crippen LogP contribution in [0.15, 0.2) is 254 Å². The van der Waals surface area contributed by atoms with Crippen LogP contribution in [0.4, 0.5) is 0 Å². The van der Waals surface area contributed by atoms with Crippen molar-refractivity contribution in [3.8, 4) is 62.1 Å². The number of hydrogen-bond acceptors (Lipinski definition) is 2. The van der Waals surface area contributed by atoms with Crippen LogP contribution in [0.25, 0.3) is 83.4 Å². The maximum absolute atomic E-state index is 11.4. The molecule has 14 rings (SSSR count). The Morgan fingerprint density at radius 2 is 1.04 bits per heavy atom. The van der Waals surface area contributed by atoms with E-state index >= 15 is 0 Å². The van der Waals surface area contributed by atoms with E-state index in [9.17, 15) is 21.9 Å². The van der Waals surface area contributed by atoms with Crippen LogP contribution in [0.1, 0.15) is 151 Å².